The molecule has 1 aromatic heterocycles. The number of rotatable bonds is 5. The maximum atomic E-state index is 12.3. The van der Waals surface area contributed by atoms with Crippen LogP contribution in [0.2, 0.25) is 0 Å². The predicted molar refractivity (Wildman–Crippen MR) is 97.0 cm³/mol. The Morgan fingerprint density at radius 3 is 2.83 bits per heavy atom. The second kappa shape index (κ2) is 6.60. The number of hydrogen-bond donors (Lipinski definition) is 3. The van der Waals surface area contributed by atoms with Gasteiger partial charge in [0.2, 0.25) is 5.91 Å². The van der Waals surface area contributed by atoms with E-state index in [1.165, 1.54) is 47.7 Å². The highest BCUT2D eigenvalue weighted by molar-refractivity contribution is 5.86. The summed E-state index contributed by atoms with van der Waals surface area (Å²) < 4.78 is 0. The Bertz CT molecular complexity index is 724. The topological polar surface area (TPSA) is 56.9 Å². The van der Waals surface area contributed by atoms with E-state index in [1.807, 2.05) is 0 Å². The van der Waals surface area contributed by atoms with Crippen molar-refractivity contribution in [2.24, 2.45) is 5.92 Å². The second-order valence-electron chi connectivity index (χ2n) is 7.59. The van der Waals surface area contributed by atoms with Gasteiger partial charge in [0.25, 0.3) is 0 Å². The summed E-state index contributed by atoms with van der Waals surface area (Å²) in [6, 6.07) is 7.70. The Kier molecular flexibility index (Phi) is 4.31. The molecule has 24 heavy (non-hydrogen) atoms. The molecule has 3 heterocycles. The molecule has 4 nitrogen and oxygen atoms in total. The molecule has 2 aliphatic heterocycles. The van der Waals surface area contributed by atoms with E-state index in [-0.39, 0.29) is 5.91 Å². The minimum absolute atomic E-state index is 0.220. The molecule has 2 bridgehead atoms. The number of fused-ring (bicyclic) bond motifs is 3. The number of hydrogen-bond acceptors (Lipinski definition) is 2. The number of aromatic nitrogens is 1. The highest BCUT2D eigenvalue weighted by atomic mass is 16.1. The molecule has 2 unspecified atom stereocenters. The van der Waals surface area contributed by atoms with E-state index in [0.717, 1.165) is 13.0 Å². The molecule has 3 N–H and O–H groups in total. The van der Waals surface area contributed by atoms with Gasteiger partial charge in [-0.15, -0.1) is 0 Å². The molecule has 4 heteroatoms. The van der Waals surface area contributed by atoms with Crippen molar-refractivity contribution in [1.82, 2.24) is 15.6 Å². The Balaban J connectivity index is 1.27. The first-order valence-corrected chi connectivity index (χ1v) is 9.27. The SMILES string of the molecule is Cc1cccc2c(CCNC(=O)CC3CC4CCC(C3)N4)c[nH]c12. The van der Waals surface area contributed by atoms with Gasteiger partial charge in [-0.05, 0) is 56.1 Å². The summed E-state index contributed by atoms with van der Waals surface area (Å²) in [6.07, 6.45) is 8.59. The maximum absolute atomic E-state index is 12.3. The van der Waals surface area contributed by atoms with E-state index < -0.39 is 0 Å². The van der Waals surface area contributed by atoms with Crippen molar-refractivity contribution >= 4 is 16.8 Å². The van der Waals surface area contributed by atoms with Crippen LogP contribution in [0.15, 0.2) is 24.4 Å². The molecule has 0 saturated carbocycles. The standard InChI is InChI=1S/C20H27N3O/c1-13-3-2-4-18-15(12-22-20(13)18)7-8-21-19(24)11-14-9-16-5-6-17(10-14)23-16/h2-4,12,14,16-17,22-23H,5-11H2,1H3,(H,21,24). The fourth-order valence-electron chi connectivity index (χ4n) is 4.58. The number of benzene rings is 1. The maximum Gasteiger partial charge on any atom is 0.220 e. The van der Waals surface area contributed by atoms with E-state index in [0.29, 0.717) is 24.4 Å². The van der Waals surface area contributed by atoms with Gasteiger partial charge < -0.3 is 15.6 Å². The highest BCUT2D eigenvalue weighted by Crippen LogP contribution is 2.32. The Morgan fingerprint density at radius 1 is 1.25 bits per heavy atom. The quantitative estimate of drug-likeness (QED) is 0.791. The summed E-state index contributed by atoms with van der Waals surface area (Å²) in [5, 5.41) is 8.04. The number of para-hydroxylation sites is 1. The fraction of sp³-hybridized carbons (Fsp3) is 0.550. The smallest absolute Gasteiger partial charge is 0.220 e. The van der Waals surface area contributed by atoms with Crippen LogP contribution in [0.5, 0.6) is 0 Å². The molecule has 0 spiro atoms. The fourth-order valence-corrected chi connectivity index (χ4v) is 4.58. The number of aromatic amines is 1. The largest absolute Gasteiger partial charge is 0.361 e. The van der Waals surface area contributed by atoms with Crippen LogP contribution in [0, 0.1) is 12.8 Å². The van der Waals surface area contributed by atoms with Crippen molar-refractivity contribution in [3.05, 3.63) is 35.5 Å². The molecule has 2 aromatic rings. The summed E-state index contributed by atoms with van der Waals surface area (Å²) in [7, 11) is 0. The van der Waals surface area contributed by atoms with Crippen molar-refractivity contribution < 1.29 is 4.79 Å². The Labute approximate surface area is 143 Å². The lowest BCUT2D eigenvalue weighted by Gasteiger charge is -2.28. The molecule has 0 aliphatic carbocycles. The van der Waals surface area contributed by atoms with Crippen LogP contribution < -0.4 is 10.6 Å². The monoisotopic (exact) mass is 325 g/mol. The van der Waals surface area contributed by atoms with Gasteiger partial charge in [0.15, 0.2) is 0 Å². The number of aryl methyl sites for hydroxylation is 1. The average molecular weight is 325 g/mol. The zero-order chi connectivity index (χ0) is 16.5. The second-order valence-corrected chi connectivity index (χ2v) is 7.59. The van der Waals surface area contributed by atoms with Crippen LogP contribution in [0.4, 0.5) is 0 Å². The zero-order valence-electron chi connectivity index (χ0n) is 14.4. The van der Waals surface area contributed by atoms with E-state index in [2.05, 4.69) is 46.9 Å². The summed E-state index contributed by atoms with van der Waals surface area (Å²) in [5.41, 5.74) is 3.77. The lowest BCUT2D eigenvalue weighted by molar-refractivity contribution is -0.122. The third-order valence-corrected chi connectivity index (χ3v) is 5.77. The lowest BCUT2D eigenvalue weighted by atomic mass is 9.89. The number of carbonyl (C=O) groups excluding carboxylic acids is 1. The van der Waals surface area contributed by atoms with Crippen LogP contribution >= 0.6 is 0 Å². The number of amides is 1. The predicted octanol–water partition coefficient (Wildman–Crippen LogP) is 3.06. The molecule has 2 atom stereocenters. The normalized spacial score (nSPS) is 26.0. The first-order chi connectivity index (χ1) is 11.7. The van der Waals surface area contributed by atoms with E-state index >= 15 is 0 Å². The van der Waals surface area contributed by atoms with Crippen LogP contribution in [-0.2, 0) is 11.2 Å². The molecule has 2 saturated heterocycles. The average Bonchev–Trinajstić information content (AvgIpc) is 3.12. The van der Waals surface area contributed by atoms with Gasteiger partial charge in [-0.25, -0.2) is 0 Å². The van der Waals surface area contributed by atoms with E-state index in [4.69, 9.17) is 0 Å². The summed E-state index contributed by atoms with van der Waals surface area (Å²) >= 11 is 0. The van der Waals surface area contributed by atoms with Gasteiger partial charge in [0, 0.05) is 42.1 Å². The first kappa shape index (κ1) is 15.7. The third kappa shape index (κ3) is 3.20. The van der Waals surface area contributed by atoms with E-state index in [1.54, 1.807) is 0 Å². The van der Waals surface area contributed by atoms with Crippen LogP contribution in [0.3, 0.4) is 0 Å². The third-order valence-electron chi connectivity index (χ3n) is 5.77. The first-order valence-electron chi connectivity index (χ1n) is 9.27. The molecule has 2 fully saturated rings. The summed E-state index contributed by atoms with van der Waals surface area (Å²) in [5.74, 6) is 0.789. The van der Waals surface area contributed by atoms with Crippen molar-refractivity contribution in [2.45, 2.75) is 57.5 Å². The minimum Gasteiger partial charge on any atom is -0.361 e. The Morgan fingerprint density at radius 2 is 2.04 bits per heavy atom. The molecule has 128 valence electrons. The minimum atomic E-state index is 0.220. The molecule has 2 aliphatic rings. The van der Waals surface area contributed by atoms with Crippen molar-refractivity contribution in [3.8, 4) is 0 Å². The lowest BCUT2D eigenvalue weighted by Crippen LogP contribution is -2.39. The van der Waals surface area contributed by atoms with Crippen molar-refractivity contribution in [2.75, 3.05) is 6.54 Å². The summed E-state index contributed by atoms with van der Waals surface area (Å²) in [4.78, 5) is 15.6. The van der Waals surface area contributed by atoms with Crippen LogP contribution in [-0.4, -0.2) is 29.5 Å². The molecule has 1 aromatic carbocycles. The van der Waals surface area contributed by atoms with Gasteiger partial charge in [-0.3, -0.25) is 4.79 Å². The van der Waals surface area contributed by atoms with Gasteiger partial charge in [0.1, 0.15) is 0 Å². The zero-order valence-corrected chi connectivity index (χ0v) is 14.4. The van der Waals surface area contributed by atoms with Crippen LogP contribution in [0.25, 0.3) is 10.9 Å². The molecule has 0 radical (unpaired) electrons. The highest BCUT2D eigenvalue weighted by Gasteiger charge is 2.34. The summed E-state index contributed by atoms with van der Waals surface area (Å²) in [6.45, 7) is 2.84. The Hall–Kier alpha value is -1.81. The number of H-pyrrole nitrogens is 1. The van der Waals surface area contributed by atoms with Crippen molar-refractivity contribution in [3.63, 3.8) is 0 Å². The molecule has 1 amide bonds. The van der Waals surface area contributed by atoms with Crippen molar-refractivity contribution in [1.29, 1.82) is 0 Å². The van der Waals surface area contributed by atoms with Gasteiger partial charge in [-0.1, -0.05) is 18.2 Å². The number of piperidine rings is 1. The van der Waals surface area contributed by atoms with Gasteiger partial charge in [0.05, 0.1) is 0 Å². The number of carbonyl (C=O) groups is 1. The molecule has 4 rings (SSSR count). The van der Waals surface area contributed by atoms with Crippen LogP contribution in [0.1, 0.15) is 43.2 Å². The molecular formula is C20H27N3O. The van der Waals surface area contributed by atoms with E-state index in [9.17, 15) is 4.79 Å². The van der Waals surface area contributed by atoms with Gasteiger partial charge >= 0.3 is 0 Å². The molecular weight excluding hydrogens is 298 g/mol. The van der Waals surface area contributed by atoms with Gasteiger partial charge in [-0.2, -0.15) is 0 Å². The number of nitrogens with one attached hydrogen (secondary N) is 3.